The van der Waals surface area contributed by atoms with Gasteiger partial charge in [-0.25, -0.2) is 14.8 Å². The Kier molecular flexibility index (Phi) is 3.63. The van der Waals surface area contributed by atoms with Gasteiger partial charge in [0.25, 0.3) is 0 Å². The number of aryl methyl sites for hydroxylation is 1. The van der Waals surface area contributed by atoms with Crippen molar-refractivity contribution in [2.75, 3.05) is 6.54 Å². The summed E-state index contributed by atoms with van der Waals surface area (Å²) in [5.41, 5.74) is 2.85. The topological polar surface area (TPSA) is 105 Å². The molecule has 3 heterocycles. The van der Waals surface area contributed by atoms with Gasteiger partial charge in [0.15, 0.2) is 0 Å². The van der Waals surface area contributed by atoms with E-state index in [1.54, 1.807) is 6.92 Å². The molecule has 0 bridgehead atoms. The first-order chi connectivity index (χ1) is 10.5. The van der Waals surface area contributed by atoms with Crippen molar-refractivity contribution in [3.8, 4) is 10.8 Å². The third-order valence-corrected chi connectivity index (χ3v) is 3.86. The first-order valence-electron chi connectivity index (χ1n) is 6.44. The van der Waals surface area contributed by atoms with Gasteiger partial charge in [-0.05, 0) is 18.4 Å². The van der Waals surface area contributed by atoms with Crippen LogP contribution in [0.5, 0.6) is 0 Å². The number of thiophene rings is 1. The zero-order valence-electron chi connectivity index (χ0n) is 11.6. The van der Waals surface area contributed by atoms with Crippen LogP contribution in [-0.4, -0.2) is 34.4 Å². The van der Waals surface area contributed by atoms with Crippen LogP contribution in [-0.2, 0) is 16.0 Å². The fraction of sp³-hybridized carbons (Fsp3) is 0.231. The fourth-order valence-electron chi connectivity index (χ4n) is 1.97. The Morgan fingerprint density at radius 1 is 1.55 bits per heavy atom. The van der Waals surface area contributed by atoms with Crippen molar-refractivity contribution in [3.63, 3.8) is 0 Å². The highest BCUT2D eigenvalue weighted by molar-refractivity contribution is 7.13. The first kappa shape index (κ1) is 14.3. The van der Waals surface area contributed by atoms with Gasteiger partial charge in [0, 0.05) is 0 Å². The minimum absolute atomic E-state index is 0.0430. The Morgan fingerprint density at radius 3 is 3.00 bits per heavy atom. The highest BCUT2D eigenvalue weighted by Gasteiger charge is 2.28. The molecule has 1 aliphatic rings. The lowest BCUT2D eigenvalue weighted by atomic mass is 10.2. The third kappa shape index (κ3) is 2.84. The van der Waals surface area contributed by atoms with Crippen LogP contribution in [0.1, 0.15) is 11.5 Å². The summed E-state index contributed by atoms with van der Waals surface area (Å²) in [6.45, 7) is 1.53. The minimum atomic E-state index is -0.644. The van der Waals surface area contributed by atoms with Crippen molar-refractivity contribution in [2.45, 2.75) is 13.3 Å². The summed E-state index contributed by atoms with van der Waals surface area (Å²) in [5.74, 6) is 0.103. The SMILES string of the molecule is Cc1oc(-c2cccs2)nc1CC(=O)NN1CC(=O)NC1=O. The number of rotatable bonds is 4. The Morgan fingerprint density at radius 2 is 2.36 bits per heavy atom. The van der Waals surface area contributed by atoms with E-state index in [0.717, 1.165) is 9.89 Å². The highest BCUT2D eigenvalue weighted by atomic mass is 32.1. The lowest BCUT2D eigenvalue weighted by Crippen LogP contribution is -2.44. The molecule has 0 atom stereocenters. The Bertz CT molecular complexity index is 737. The van der Waals surface area contributed by atoms with Gasteiger partial charge >= 0.3 is 6.03 Å². The number of nitrogens with zero attached hydrogens (tertiary/aromatic N) is 2. The van der Waals surface area contributed by atoms with Crippen LogP contribution in [0.3, 0.4) is 0 Å². The average Bonchev–Trinajstić information content (AvgIpc) is 3.14. The molecule has 4 amide bonds. The summed E-state index contributed by atoms with van der Waals surface area (Å²) in [7, 11) is 0. The van der Waals surface area contributed by atoms with Crippen molar-refractivity contribution in [2.24, 2.45) is 0 Å². The molecule has 0 spiro atoms. The Balaban J connectivity index is 1.67. The largest absolute Gasteiger partial charge is 0.440 e. The monoisotopic (exact) mass is 320 g/mol. The molecule has 1 saturated heterocycles. The average molecular weight is 320 g/mol. The molecule has 1 fully saturated rings. The smallest absolute Gasteiger partial charge is 0.343 e. The fourth-order valence-corrected chi connectivity index (χ4v) is 2.62. The number of oxazole rings is 1. The molecule has 9 heteroatoms. The second-order valence-corrected chi connectivity index (χ2v) is 5.60. The van der Waals surface area contributed by atoms with E-state index in [2.05, 4.69) is 15.7 Å². The number of nitrogens with one attached hydrogen (secondary N) is 2. The number of hydrogen-bond donors (Lipinski definition) is 2. The van der Waals surface area contributed by atoms with E-state index in [0.29, 0.717) is 17.3 Å². The lowest BCUT2D eigenvalue weighted by molar-refractivity contribution is -0.124. The van der Waals surface area contributed by atoms with Gasteiger partial charge in [-0.2, -0.15) is 0 Å². The molecule has 0 aliphatic carbocycles. The van der Waals surface area contributed by atoms with Crippen LogP contribution in [0.2, 0.25) is 0 Å². The summed E-state index contributed by atoms with van der Waals surface area (Å²) in [6, 6.07) is 3.11. The molecule has 2 aromatic heterocycles. The molecular weight excluding hydrogens is 308 g/mol. The van der Waals surface area contributed by atoms with Crippen molar-refractivity contribution >= 4 is 29.2 Å². The molecule has 0 unspecified atom stereocenters. The number of carbonyl (C=O) groups is 3. The van der Waals surface area contributed by atoms with Gasteiger partial charge in [0.1, 0.15) is 12.3 Å². The van der Waals surface area contributed by atoms with Gasteiger partial charge in [-0.3, -0.25) is 20.3 Å². The molecule has 3 rings (SSSR count). The van der Waals surface area contributed by atoms with Crippen molar-refractivity contribution in [1.82, 2.24) is 20.7 Å². The van der Waals surface area contributed by atoms with Gasteiger partial charge < -0.3 is 4.42 Å². The summed E-state index contributed by atoms with van der Waals surface area (Å²) in [6.07, 6.45) is -0.0430. The van der Waals surface area contributed by atoms with Crippen LogP contribution in [0, 0.1) is 6.92 Å². The number of imide groups is 1. The standard InChI is InChI=1S/C13H12N4O4S/c1-7-8(14-12(21-7)9-3-2-4-22-9)5-10(18)16-17-6-11(19)15-13(17)20/h2-4H,5-6H2,1H3,(H,16,18)(H,15,19,20). The van der Waals surface area contributed by atoms with Crippen molar-refractivity contribution in [3.05, 3.63) is 29.0 Å². The van der Waals surface area contributed by atoms with Crippen LogP contribution in [0.25, 0.3) is 10.8 Å². The van der Waals surface area contributed by atoms with E-state index in [4.69, 9.17) is 4.42 Å². The Hall–Kier alpha value is -2.68. The predicted molar refractivity (Wildman–Crippen MR) is 76.6 cm³/mol. The van der Waals surface area contributed by atoms with Crippen molar-refractivity contribution < 1.29 is 18.8 Å². The summed E-state index contributed by atoms with van der Waals surface area (Å²) >= 11 is 1.49. The number of urea groups is 1. The van der Waals surface area contributed by atoms with Gasteiger partial charge in [0.05, 0.1) is 17.0 Å². The van der Waals surface area contributed by atoms with Crippen molar-refractivity contribution in [1.29, 1.82) is 0 Å². The van der Waals surface area contributed by atoms with E-state index in [1.165, 1.54) is 11.3 Å². The van der Waals surface area contributed by atoms with Gasteiger partial charge in [0.2, 0.25) is 17.7 Å². The van der Waals surface area contributed by atoms with E-state index in [-0.39, 0.29) is 13.0 Å². The lowest BCUT2D eigenvalue weighted by Gasteiger charge is -2.13. The molecule has 22 heavy (non-hydrogen) atoms. The van der Waals surface area contributed by atoms with E-state index in [1.807, 2.05) is 17.5 Å². The molecule has 114 valence electrons. The molecule has 2 aromatic rings. The second kappa shape index (κ2) is 5.60. The maximum atomic E-state index is 11.9. The van der Waals surface area contributed by atoms with Gasteiger partial charge in [-0.15, -0.1) is 11.3 Å². The molecule has 8 nitrogen and oxygen atoms in total. The van der Waals surface area contributed by atoms with Crippen LogP contribution in [0.4, 0.5) is 4.79 Å². The number of carbonyl (C=O) groups excluding carboxylic acids is 3. The third-order valence-electron chi connectivity index (χ3n) is 3.01. The number of hydrazine groups is 1. The summed E-state index contributed by atoms with van der Waals surface area (Å²) in [4.78, 5) is 39.5. The van der Waals surface area contributed by atoms with Crippen LogP contribution in [0.15, 0.2) is 21.9 Å². The van der Waals surface area contributed by atoms with E-state index >= 15 is 0 Å². The first-order valence-corrected chi connectivity index (χ1v) is 7.32. The maximum absolute atomic E-state index is 11.9. The Labute approximate surface area is 129 Å². The van der Waals surface area contributed by atoms with Crippen LogP contribution >= 0.6 is 11.3 Å². The number of amides is 4. The maximum Gasteiger partial charge on any atom is 0.343 e. The molecule has 0 aromatic carbocycles. The zero-order valence-corrected chi connectivity index (χ0v) is 12.4. The number of aromatic nitrogens is 1. The predicted octanol–water partition coefficient (Wildman–Crippen LogP) is 0.837. The molecule has 1 aliphatic heterocycles. The minimum Gasteiger partial charge on any atom is -0.440 e. The summed E-state index contributed by atoms with van der Waals surface area (Å²) in [5, 5.41) is 4.91. The van der Waals surface area contributed by atoms with E-state index < -0.39 is 17.8 Å². The zero-order chi connectivity index (χ0) is 15.7. The second-order valence-electron chi connectivity index (χ2n) is 4.65. The molecular formula is C13H12N4O4S. The highest BCUT2D eigenvalue weighted by Crippen LogP contribution is 2.26. The number of hydrogen-bond acceptors (Lipinski definition) is 6. The molecule has 0 saturated carbocycles. The molecule has 2 N–H and O–H groups in total. The van der Waals surface area contributed by atoms with Crippen LogP contribution < -0.4 is 10.7 Å². The quantitative estimate of drug-likeness (QED) is 0.812. The summed E-state index contributed by atoms with van der Waals surface area (Å²) < 4.78 is 5.54. The van der Waals surface area contributed by atoms with Gasteiger partial charge in [-0.1, -0.05) is 6.07 Å². The normalized spacial score (nSPS) is 14.3. The molecule has 0 radical (unpaired) electrons. The van der Waals surface area contributed by atoms with E-state index in [9.17, 15) is 14.4 Å².